The first-order valence-corrected chi connectivity index (χ1v) is 6.41. The van der Waals surface area contributed by atoms with Crippen LogP contribution in [0.2, 0.25) is 5.28 Å². The van der Waals surface area contributed by atoms with Gasteiger partial charge in [0.2, 0.25) is 17.2 Å². The molecule has 1 aromatic heterocycles. The highest BCUT2D eigenvalue weighted by Gasteiger charge is 2.17. The number of hydrogen-bond acceptors (Lipinski definition) is 5. The quantitative estimate of drug-likeness (QED) is 0.878. The van der Waals surface area contributed by atoms with Gasteiger partial charge in [-0.2, -0.15) is 15.0 Å². The second-order valence-electron chi connectivity index (χ2n) is 4.50. The van der Waals surface area contributed by atoms with Crippen molar-refractivity contribution < 1.29 is 0 Å². The molecule has 1 aromatic rings. The van der Waals surface area contributed by atoms with Crippen LogP contribution in [0.1, 0.15) is 26.2 Å². The summed E-state index contributed by atoms with van der Waals surface area (Å²) in [5.74, 6) is 1.99. The van der Waals surface area contributed by atoms with Gasteiger partial charge in [0, 0.05) is 20.1 Å². The van der Waals surface area contributed by atoms with Crippen LogP contribution in [0.3, 0.4) is 0 Å². The zero-order chi connectivity index (χ0) is 12.3. The normalized spacial score (nSPS) is 21.1. The molecule has 0 spiro atoms. The largest absolute Gasteiger partial charge is 0.357 e. The molecule has 2 heterocycles. The third-order valence-electron chi connectivity index (χ3n) is 3.12. The van der Waals surface area contributed by atoms with Crippen molar-refractivity contribution in [1.29, 1.82) is 0 Å². The van der Waals surface area contributed by atoms with Gasteiger partial charge in [0.1, 0.15) is 0 Å². The molecule has 17 heavy (non-hydrogen) atoms. The fourth-order valence-corrected chi connectivity index (χ4v) is 2.21. The summed E-state index contributed by atoms with van der Waals surface area (Å²) in [4.78, 5) is 14.7. The zero-order valence-corrected chi connectivity index (χ0v) is 11.0. The van der Waals surface area contributed by atoms with Gasteiger partial charge in [0.15, 0.2) is 0 Å². The highest BCUT2D eigenvalue weighted by Crippen LogP contribution is 2.21. The molecule has 0 amide bonds. The van der Waals surface area contributed by atoms with E-state index in [1.54, 1.807) is 7.05 Å². The van der Waals surface area contributed by atoms with Gasteiger partial charge in [0.25, 0.3) is 0 Å². The van der Waals surface area contributed by atoms with Crippen LogP contribution in [0.4, 0.5) is 11.9 Å². The van der Waals surface area contributed by atoms with E-state index in [1.165, 1.54) is 19.3 Å². The second kappa shape index (κ2) is 5.49. The molecule has 0 aromatic carbocycles. The maximum atomic E-state index is 5.89. The number of aromatic nitrogens is 3. The van der Waals surface area contributed by atoms with Gasteiger partial charge in [0.05, 0.1) is 0 Å². The smallest absolute Gasteiger partial charge is 0.231 e. The number of nitrogens with one attached hydrogen (secondary N) is 1. The Morgan fingerprint density at radius 1 is 1.24 bits per heavy atom. The lowest BCUT2D eigenvalue weighted by Crippen LogP contribution is -2.26. The summed E-state index contributed by atoms with van der Waals surface area (Å²) < 4.78 is 0. The zero-order valence-electron chi connectivity index (χ0n) is 10.3. The van der Waals surface area contributed by atoms with Crippen molar-refractivity contribution in [3.05, 3.63) is 5.28 Å². The van der Waals surface area contributed by atoms with Crippen LogP contribution in [0, 0.1) is 5.92 Å². The maximum Gasteiger partial charge on any atom is 0.231 e. The molecule has 1 aliphatic heterocycles. The summed E-state index contributed by atoms with van der Waals surface area (Å²) in [6, 6.07) is 0. The highest BCUT2D eigenvalue weighted by molar-refractivity contribution is 6.28. The van der Waals surface area contributed by atoms with Crippen LogP contribution in [-0.4, -0.2) is 35.1 Å². The van der Waals surface area contributed by atoms with Crippen LogP contribution in [-0.2, 0) is 0 Å². The van der Waals surface area contributed by atoms with E-state index in [-0.39, 0.29) is 5.28 Å². The topological polar surface area (TPSA) is 53.9 Å². The van der Waals surface area contributed by atoms with Crippen molar-refractivity contribution in [3.63, 3.8) is 0 Å². The van der Waals surface area contributed by atoms with Gasteiger partial charge in [-0.15, -0.1) is 0 Å². The summed E-state index contributed by atoms with van der Waals surface area (Å²) in [7, 11) is 1.78. The molecule has 0 aliphatic carbocycles. The summed E-state index contributed by atoms with van der Waals surface area (Å²) in [6.45, 7) is 4.28. The van der Waals surface area contributed by atoms with E-state index in [0.29, 0.717) is 11.9 Å². The summed E-state index contributed by atoms with van der Waals surface area (Å²) in [6.07, 6.45) is 3.63. The lowest BCUT2D eigenvalue weighted by Gasteiger charge is -2.20. The van der Waals surface area contributed by atoms with E-state index in [4.69, 9.17) is 11.6 Å². The lowest BCUT2D eigenvalue weighted by molar-refractivity contribution is 0.521. The molecule has 1 aliphatic rings. The minimum atomic E-state index is 0.247. The molecule has 0 radical (unpaired) electrons. The van der Waals surface area contributed by atoms with Gasteiger partial charge in [-0.05, 0) is 36.8 Å². The first-order valence-electron chi connectivity index (χ1n) is 6.03. The standard InChI is InChI=1S/C11H18ClN5/c1-8-4-3-6-17(7-5-8)11-15-9(12)14-10(13-2)16-11/h8H,3-7H2,1-2H3,(H,13,14,15,16). The van der Waals surface area contributed by atoms with Crippen LogP contribution in [0.5, 0.6) is 0 Å². The lowest BCUT2D eigenvalue weighted by atomic mass is 10.0. The first-order chi connectivity index (χ1) is 8.19. The van der Waals surface area contributed by atoms with Crippen LogP contribution in [0.25, 0.3) is 0 Å². The van der Waals surface area contributed by atoms with Crippen molar-refractivity contribution in [2.75, 3.05) is 30.4 Å². The molecule has 2 rings (SSSR count). The number of anilines is 2. The van der Waals surface area contributed by atoms with Crippen molar-refractivity contribution >= 4 is 23.5 Å². The Kier molecular flexibility index (Phi) is 3.99. The summed E-state index contributed by atoms with van der Waals surface area (Å²) >= 11 is 5.89. The van der Waals surface area contributed by atoms with Gasteiger partial charge in [-0.3, -0.25) is 0 Å². The molecule has 6 heteroatoms. The number of hydrogen-bond donors (Lipinski definition) is 1. The molecule has 1 unspecified atom stereocenters. The highest BCUT2D eigenvalue weighted by atomic mass is 35.5. The average molecular weight is 256 g/mol. The van der Waals surface area contributed by atoms with Crippen LogP contribution in [0.15, 0.2) is 0 Å². The molecule has 0 bridgehead atoms. The Morgan fingerprint density at radius 3 is 2.82 bits per heavy atom. The van der Waals surface area contributed by atoms with E-state index in [1.807, 2.05) is 0 Å². The van der Waals surface area contributed by atoms with Gasteiger partial charge in [-0.25, -0.2) is 0 Å². The minimum absolute atomic E-state index is 0.247. The Hall–Kier alpha value is -1.10. The van der Waals surface area contributed by atoms with E-state index < -0.39 is 0 Å². The SMILES string of the molecule is CNc1nc(Cl)nc(N2CCCC(C)CC2)n1. The molecule has 1 saturated heterocycles. The molecule has 1 N–H and O–H groups in total. The fraction of sp³-hybridized carbons (Fsp3) is 0.727. The van der Waals surface area contributed by atoms with Gasteiger partial charge < -0.3 is 10.2 Å². The molecule has 1 atom stereocenters. The van der Waals surface area contributed by atoms with Crippen LogP contribution < -0.4 is 10.2 Å². The second-order valence-corrected chi connectivity index (χ2v) is 4.84. The van der Waals surface area contributed by atoms with Crippen molar-refractivity contribution in [2.45, 2.75) is 26.2 Å². The minimum Gasteiger partial charge on any atom is -0.357 e. The fourth-order valence-electron chi connectivity index (χ4n) is 2.06. The predicted octanol–water partition coefficient (Wildman–Crippen LogP) is 2.19. The number of halogens is 1. The Morgan fingerprint density at radius 2 is 2.06 bits per heavy atom. The monoisotopic (exact) mass is 255 g/mol. The summed E-state index contributed by atoms with van der Waals surface area (Å²) in [5.41, 5.74) is 0. The van der Waals surface area contributed by atoms with Crippen LogP contribution >= 0.6 is 11.6 Å². The average Bonchev–Trinajstić information content (AvgIpc) is 2.53. The first kappa shape index (κ1) is 12.4. The van der Waals surface area contributed by atoms with E-state index in [9.17, 15) is 0 Å². The third-order valence-corrected chi connectivity index (χ3v) is 3.29. The Labute approximate surface area is 107 Å². The molecule has 1 fully saturated rings. The predicted molar refractivity (Wildman–Crippen MR) is 69.6 cm³/mol. The summed E-state index contributed by atoms with van der Waals surface area (Å²) in [5, 5.41) is 3.15. The van der Waals surface area contributed by atoms with Crippen molar-refractivity contribution in [1.82, 2.24) is 15.0 Å². The molecular formula is C11H18ClN5. The Bertz CT molecular complexity index is 384. The van der Waals surface area contributed by atoms with Gasteiger partial charge >= 0.3 is 0 Å². The van der Waals surface area contributed by atoms with E-state index in [2.05, 4.69) is 32.1 Å². The van der Waals surface area contributed by atoms with Crippen molar-refractivity contribution in [2.24, 2.45) is 5.92 Å². The van der Waals surface area contributed by atoms with Gasteiger partial charge in [-0.1, -0.05) is 6.92 Å². The van der Waals surface area contributed by atoms with Crippen molar-refractivity contribution in [3.8, 4) is 0 Å². The number of nitrogens with zero attached hydrogens (tertiary/aromatic N) is 4. The third kappa shape index (κ3) is 3.19. The maximum absolute atomic E-state index is 5.89. The molecule has 94 valence electrons. The molecular weight excluding hydrogens is 238 g/mol. The van der Waals surface area contributed by atoms with E-state index in [0.717, 1.165) is 19.0 Å². The number of rotatable bonds is 2. The van der Waals surface area contributed by atoms with E-state index >= 15 is 0 Å². The Balaban J connectivity index is 2.17. The molecule has 0 saturated carbocycles. The molecule has 5 nitrogen and oxygen atoms in total.